The molecule has 3 nitrogen and oxygen atoms in total. The van der Waals surface area contributed by atoms with Crippen molar-refractivity contribution in [3.05, 3.63) is 22.6 Å². The number of carbonyl (C=O) groups excluding carboxylic acids is 1. The first kappa shape index (κ1) is 9.84. The second-order valence-corrected chi connectivity index (χ2v) is 2.93. The van der Waals surface area contributed by atoms with Crippen LogP contribution in [0.25, 0.3) is 0 Å². The Kier molecular flexibility index (Phi) is 2.76. The number of rotatable bonds is 2. The minimum absolute atomic E-state index is 0.321. The lowest BCUT2D eigenvalue weighted by Crippen LogP contribution is -2.03. The van der Waals surface area contributed by atoms with Gasteiger partial charge in [-0.1, -0.05) is 6.92 Å². The molecule has 0 bridgehead atoms. The summed E-state index contributed by atoms with van der Waals surface area (Å²) in [7, 11) is 1.37. The normalized spacial score (nSPS) is 10.2. The Labute approximate surface area is 77.7 Å². The van der Waals surface area contributed by atoms with Gasteiger partial charge in [0.05, 0.1) is 7.11 Å². The molecule has 0 saturated carbocycles. The Bertz CT molecular complexity index is 323. The highest BCUT2D eigenvalue weighted by molar-refractivity contribution is 5.92. The summed E-state index contributed by atoms with van der Waals surface area (Å²) in [4.78, 5) is 11.3. The molecule has 13 heavy (non-hydrogen) atoms. The third-order valence-electron chi connectivity index (χ3n) is 2.13. The molecule has 0 N–H and O–H groups in total. The molecule has 0 radical (unpaired) electrons. The summed E-state index contributed by atoms with van der Waals surface area (Å²) in [5.74, 6) is 1.18. The first-order valence-corrected chi connectivity index (χ1v) is 4.29. The third-order valence-corrected chi connectivity index (χ3v) is 2.13. The van der Waals surface area contributed by atoms with E-state index in [2.05, 4.69) is 4.74 Å². The average molecular weight is 182 g/mol. The fourth-order valence-corrected chi connectivity index (χ4v) is 1.45. The van der Waals surface area contributed by atoms with Crippen molar-refractivity contribution in [1.82, 2.24) is 0 Å². The van der Waals surface area contributed by atoms with E-state index in [0.29, 0.717) is 11.3 Å². The predicted molar refractivity (Wildman–Crippen MR) is 48.9 cm³/mol. The molecule has 0 aliphatic heterocycles. The number of esters is 1. The van der Waals surface area contributed by atoms with Gasteiger partial charge in [-0.3, -0.25) is 0 Å². The van der Waals surface area contributed by atoms with Crippen molar-refractivity contribution < 1.29 is 13.9 Å². The summed E-state index contributed by atoms with van der Waals surface area (Å²) >= 11 is 0. The number of ether oxygens (including phenoxy) is 1. The van der Waals surface area contributed by atoms with E-state index in [1.54, 1.807) is 6.92 Å². The van der Waals surface area contributed by atoms with E-state index in [0.717, 1.165) is 17.7 Å². The topological polar surface area (TPSA) is 39.4 Å². The fourth-order valence-electron chi connectivity index (χ4n) is 1.45. The predicted octanol–water partition coefficient (Wildman–Crippen LogP) is 2.25. The van der Waals surface area contributed by atoms with Gasteiger partial charge in [-0.2, -0.15) is 0 Å². The van der Waals surface area contributed by atoms with Gasteiger partial charge in [0.25, 0.3) is 0 Å². The van der Waals surface area contributed by atoms with E-state index in [-0.39, 0.29) is 5.97 Å². The minimum atomic E-state index is -0.321. The Morgan fingerprint density at radius 3 is 2.46 bits per heavy atom. The zero-order valence-corrected chi connectivity index (χ0v) is 8.43. The monoisotopic (exact) mass is 182 g/mol. The van der Waals surface area contributed by atoms with Gasteiger partial charge in [0, 0.05) is 12.0 Å². The lowest BCUT2D eigenvalue weighted by atomic mass is 10.1. The molecule has 0 aromatic carbocycles. The summed E-state index contributed by atoms with van der Waals surface area (Å²) in [6, 6.07) is 0. The highest BCUT2D eigenvalue weighted by atomic mass is 16.5. The van der Waals surface area contributed by atoms with E-state index >= 15 is 0 Å². The highest BCUT2D eigenvalue weighted by Gasteiger charge is 2.19. The van der Waals surface area contributed by atoms with Crippen LogP contribution in [0.15, 0.2) is 4.42 Å². The van der Waals surface area contributed by atoms with Gasteiger partial charge in [0.2, 0.25) is 0 Å². The number of hydrogen-bond donors (Lipinski definition) is 0. The quantitative estimate of drug-likeness (QED) is 0.658. The molecule has 1 aromatic heterocycles. The largest absolute Gasteiger partial charge is 0.465 e. The molecular formula is C10H14O3. The maximum Gasteiger partial charge on any atom is 0.341 e. The molecule has 1 rings (SSSR count). The van der Waals surface area contributed by atoms with Crippen LogP contribution >= 0.6 is 0 Å². The van der Waals surface area contributed by atoms with Crippen molar-refractivity contribution in [2.75, 3.05) is 7.11 Å². The van der Waals surface area contributed by atoms with Crippen LogP contribution in [0.3, 0.4) is 0 Å². The van der Waals surface area contributed by atoms with Crippen molar-refractivity contribution in [3.8, 4) is 0 Å². The molecule has 0 fully saturated rings. The molecule has 1 heterocycles. The second-order valence-electron chi connectivity index (χ2n) is 2.93. The number of aryl methyl sites for hydroxylation is 2. The van der Waals surface area contributed by atoms with E-state index in [1.165, 1.54) is 7.11 Å². The SMILES string of the molecule is CCc1oc(C)c(C(=O)OC)c1C. The van der Waals surface area contributed by atoms with Crippen LogP contribution in [0, 0.1) is 13.8 Å². The number of carbonyl (C=O) groups is 1. The van der Waals surface area contributed by atoms with E-state index < -0.39 is 0 Å². The Morgan fingerprint density at radius 1 is 1.46 bits per heavy atom. The molecule has 72 valence electrons. The van der Waals surface area contributed by atoms with Crippen LogP contribution in [-0.2, 0) is 11.2 Å². The molecule has 3 heteroatoms. The van der Waals surface area contributed by atoms with Gasteiger partial charge in [0.15, 0.2) is 0 Å². The smallest absolute Gasteiger partial charge is 0.341 e. The van der Waals surface area contributed by atoms with Crippen LogP contribution in [0.4, 0.5) is 0 Å². The van der Waals surface area contributed by atoms with Crippen LogP contribution < -0.4 is 0 Å². The first-order chi connectivity index (χ1) is 6.11. The standard InChI is InChI=1S/C10H14O3/c1-5-8-6(2)9(7(3)13-8)10(11)12-4/h5H2,1-4H3. The van der Waals surface area contributed by atoms with Crippen molar-refractivity contribution in [2.24, 2.45) is 0 Å². The molecule has 0 unspecified atom stereocenters. The molecule has 0 aliphatic rings. The van der Waals surface area contributed by atoms with Crippen molar-refractivity contribution in [3.63, 3.8) is 0 Å². The molecule has 0 amide bonds. The molecule has 0 aliphatic carbocycles. The van der Waals surface area contributed by atoms with Crippen molar-refractivity contribution >= 4 is 5.97 Å². The second kappa shape index (κ2) is 3.64. The van der Waals surface area contributed by atoms with E-state index in [1.807, 2.05) is 13.8 Å². The summed E-state index contributed by atoms with van der Waals surface area (Å²) in [6.45, 7) is 5.65. The summed E-state index contributed by atoms with van der Waals surface area (Å²) in [5.41, 5.74) is 1.46. The maximum atomic E-state index is 11.3. The third kappa shape index (κ3) is 1.59. The van der Waals surface area contributed by atoms with Gasteiger partial charge in [-0.15, -0.1) is 0 Å². The first-order valence-electron chi connectivity index (χ1n) is 4.29. The number of furan rings is 1. The van der Waals surface area contributed by atoms with Crippen LogP contribution in [-0.4, -0.2) is 13.1 Å². The van der Waals surface area contributed by atoms with Crippen LogP contribution in [0.5, 0.6) is 0 Å². The lowest BCUT2D eigenvalue weighted by molar-refractivity contribution is 0.0598. The van der Waals surface area contributed by atoms with E-state index in [4.69, 9.17) is 4.42 Å². The fraction of sp³-hybridized carbons (Fsp3) is 0.500. The Morgan fingerprint density at radius 2 is 2.08 bits per heavy atom. The molecule has 0 spiro atoms. The minimum Gasteiger partial charge on any atom is -0.465 e. The van der Waals surface area contributed by atoms with Crippen molar-refractivity contribution in [2.45, 2.75) is 27.2 Å². The number of hydrogen-bond acceptors (Lipinski definition) is 3. The van der Waals surface area contributed by atoms with Gasteiger partial charge in [-0.25, -0.2) is 4.79 Å². The lowest BCUT2D eigenvalue weighted by Gasteiger charge is -1.97. The Hall–Kier alpha value is -1.25. The van der Waals surface area contributed by atoms with E-state index in [9.17, 15) is 4.79 Å². The molecule has 0 atom stereocenters. The average Bonchev–Trinajstić information content (AvgIpc) is 2.40. The Balaban J connectivity index is 3.20. The van der Waals surface area contributed by atoms with Gasteiger partial charge in [0.1, 0.15) is 17.1 Å². The molecule has 0 saturated heterocycles. The maximum absolute atomic E-state index is 11.3. The van der Waals surface area contributed by atoms with Crippen LogP contribution in [0.2, 0.25) is 0 Å². The summed E-state index contributed by atoms with van der Waals surface area (Å²) < 4.78 is 10.1. The number of methoxy groups -OCH3 is 1. The van der Waals surface area contributed by atoms with Crippen molar-refractivity contribution in [1.29, 1.82) is 0 Å². The molecule has 1 aromatic rings. The summed E-state index contributed by atoms with van der Waals surface area (Å²) in [6.07, 6.45) is 0.795. The van der Waals surface area contributed by atoms with Crippen LogP contribution in [0.1, 0.15) is 34.4 Å². The highest BCUT2D eigenvalue weighted by Crippen LogP contribution is 2.22. The summed E-state index contributed by atoms with van der Waals surface area (Å²) in [5, 5.41) is 0. The zero-order valence-electron chi connectivity index (χ0n) is 8.43. The van der Waals surface area contributed by atoms with Gasteiger partial charge in [-0.05, 0) is 13.8 Å². The van der Waals surface area contributed by atoms with Gasteiger partial charge >= 0.3 is 5.97 Å². The zero-order chi connectivity index (χ0) is 10.0. The molecular weight excluding hydrogens is 168 g/mol. The van der Waals surface area contributed by atoms with Gasteiger partial charge < -0.3 is 9.15 Å².